The van der Waals surface area contributed by atoms with Gasteiger partial charge >= 0.3 is 0 Å². The number of benzene rings is 2. The number of nitrogens with one attached hydrogen (secondary N) is 1. The molecular weight excluding hydrogens is 440 g/mol. The minimum absolute atomic E-state index is 0.00525. The number of fused-ring (bicyclic) bond motifs is 3. The van der Waals surface area contributed by atoms with Crippen LogP contribution in [-0.2, 0) is 24.3 Å². The quantitative estimate of drug-likeness (QED) is 0.424. The summed E-state index contributed by atoms with van der Waals surface area (Å²) in [6.45, 7) is 3.13. The lowest BCUT2D eigenvalue weighted by Crippen LogP contribution is -2.25. The van der Waals surface area contributed by atoms with Gasteiger partial charge < -0.3 is 20.2 Å². The molecule has 0 atom stereocenters. The zero-order valence-electron chi connectivity index (χ0n) is 19.3. The number of amides is 1. The second kappa shape index (κ2) is 8.18. The average molecular weight is 465 g/mol. The Morgan fingerprint density at radius 1 is 1.09 bits per heavy atom. The van der Waals surface area contributed by atoms with E-state index in [-0.39, 0.29) is 11.5 Å². The molecule has 3 N–H and O–H groups in total. The maximum absolute atomic E-state index is 13.2. The molecule has 1 aliphatic heterocycles. The third-order valence-electron chi connectivity index (χ3n) is 6.62. The molecule has 0 saturated heterocycles. The van der Waals surface area contributed by atoms with E-state index in [9.17, 15) is 9.59 Å². The van der Waals surface area contributed by atoms with Crippen LogP contribution >= 0.6 is 0 Å². The Morgan fingerprint density at radius 3 is 2.74 bits per heavy atom. The molecule has 6 rings (SSSR count). The molecule has 4 heterocycles. The van der Waals surface area contributed by atoms with E-state index < -0.39 is 0 Å². The molecule has 5 aromatic rings. The van der Waals surface area contributed by atoms with Crippen LogP contribution in [0, 0.1) is 0 Å². The van der Waals surface area contributed by atoms with E-state index in [0.29, 0.717) is 36.4 Å². The molecule has 3 aromatic heterocycles. The molecule has 1 aliphatic rings. The van der Waals surface area contributed by atoms with Gasteiger partial charge in [0, 0.05) is 48.4 Å². The summed E-state index contributed by atoms with van der Waals surface area (Å²) in [5.41, 5.74) is 12.6. The van der Waals surface area contributed by atoms with Crippen molar-refractivity contribution >= 4 is 33.5 Å². The summed E-state index contributed by atoms with van der Waals surface area (Å²) in [5.74, 6) is -0.00525. The SMILES string of the molecule is CC(=O)N1CCc2cc3nc(-c4cn(Cc5cccc(CN)n5)c5ccccc45)c(=O)[nH]c3cc21. The summed E-state index contributed by atoms with van der Waals surface area (Å²) in [4.78, 5) is 39.3. The highest BCUT2D eigenvalue weighted by molar-refractivity contribution is 5.98. The van der Waals surface area contributed by atoms with E-state index in [2.05, 4.69) is 14.5 Å². The van der Waals surface area contributed by atoms with Gasteiger partial charge in [-0.1, -0.05) is 24.3 Å². The molecule has 1 amide bonds. The molecule has 8 heteroatoms. The van der Waals surface area contributed by atoms with Gasteiger partial charge in [-0.25, -0.2) is 4.98 Å². The second-order valence-corrected chi connectivity index (χ2v) is 8.85. The maximum Gasteiger partial charge on any atom is 0.275 e. The molecule has 0 spiro atoms. The smallest absolute Gasteiger partial charge is 0.275 e. The minimum atomic E-state index is -0.268. The lowest BCUT2D eigenvalue weighted by Gasteiger charge is -2.15. The molecule has 174 valence electrons. The zero-order chi connectivity index (χ0) is 24.1. The number of nitrogens with zero attached hydrogens (tertiary/aromatic N) is 4. The van der Waals surface area contributed by atoms with Crippen molar-refractivity contribution in [2.45, 2.75) is 26.4 Å². The molecule has 0 saturated carbocycles. The predicted octanol–water partition coefficient (Wildman–Crippen LogP) is 3.36. The Hall–Kier alpha value is -4.30. The van der Waals surface area contributed by atoms with Crippen molar-refractivity contribution in [3.05, 3.63) is 88.1 Å². The highest BCUT2D eigenvalue weighted by Crippen LogP contribution is 2.33. The van der Waals surface area contributed by atoms with Gasteiger partial charge in [-0.15, -0.1) is 0 Å². The Morgan fingerprint density at radius 2 is 1.91 bits per heavy atom. The molecular formula is C27H24N6O2. The van der Waals surface area contributed by atoms with Crippen molar-refractivity contribution in [2.24, 2.45) is 5.73 Å². The van der Waals surface area contributed by atoms with Crippen molar-refractivity contribution < 1.29 is 4.79 Å². The number of pyridine rings is 1. The van der Waals surface area contributed by atoms with Gasteiger partial charge in [0.2, 0.25) is 5.91 Å². The number of carbonyl (C=O) groups excluding carboxylic acids is 1. The van der Waals surface area contributed by atoms with Crippen LogP contribution < -0.4 is 16.2 Å². The summed E-state index contributed by atoms with van der Waals surface area (Å²) in [6, 6.07) is 17.7. The number of H-pyrrole nitrogens is 1. The van der Waals surface area contributed by atoms with Crippen molar-refractivity contribution in [1.29, 1.82) is 0 Å². The lowest BCUT2D eigenvalue weighted by atomic mass is 10.1. The second-order valence-electron chi connectivity index (χ2n) is 8.85. The van der Waals surface area contributed by atoms with Gasteiger partial charge in [0.05, 0.1) is 29.0 Å². The number of hydrogen-bond donors (Lipinski definition) is 2. The van der Waals surface area contributed by atoms with Crippen LogP contribution in [0.25, 0.3) is 33.2 Å². The fourth-order valence-corrected chi connectivity index (χ4v) is 4.95. The number of hydrogen-bond acceptors (Lipinski definition) is 5. The lowest BCUT2D eigenvalue weighted by molar-refractivity contribution is -0.116. The largest absolute Gasteiger partial charge is 0.341 e. The molecule has 35 heavy (non-hydrogen) atoms. The summed E-state index contributed by atoms with van der Waals surface area (Å²) >= 11 is 0. The fourth-order valence-electron chi connectivity index (χ4n) is 4.95. The Bertz CT molecular complexity index is 1680. The van der Waals surface area contributed by atoms with E-state index in [1.54, 1.807) is 11.8 Å². The van der Waals surface area contributed by atoms with E-state index in [1.807, 2.05) is 60.8 Å². The van der Waals surface area contributed by atoms with Gasteiger partial charge in [0.15, 0.2) is 0 Å². The van der Waals surface area contributed by atoms with Gasteiger partial charge in [0.1, 0.15) is 5.69 Å². The summed E-state index contributed by atoms with van der Waals surface area (Å²) in [6.07, 6.45) is 2.74. The summed E-state index contributed by atoms with van der Waals surface area (Å²) < 4.78 is 2.09. The predicted molar refractivity (Wildman–Crippen MR) is 136 cm³/mol. The number of para-hydroxylation sites is 1. The molecule has 0 fully saturated rings. The number of nitrogens with two attached hydrogens (primary N) is 1. The van der Waals surface area contributed by atoms with E-state index >= 15 is 0 Å². The number of aromatic amines is 1. The van der Waals surface area contributed by atoms with Gasteiger partial charge in [-0.3, -0.25) is 14.6 Å². The van der Waals surface area contributed by atoms with Crippen molar-refractivity contribution in [1.82, 2.24) is 19.5 Å². The van der Waals surface area contributed by atoms with Crippen LogP contribution in [0.15, 0.2) is 65.6 Å². The topological polar surface area (TPSA) is 110 Å². The molecule has 8 nitrogen and oxygen atoms in total. The monoisotopic (exact) mass is 464 g/mol. The first-order valence-electron chi connectivity index (χ1n) is 11.6. The number of aromatic nitrogens is 4. The minimum Gasteiger partial charge on any atom is -0.341 e. The standard InChI is InChI=1S/C27H24N6O2/c1-16(34)33-10-9-17-11-22-23(12-25(17)33)31-27(35)26(30-22)21-15-32(24-8-3-2-7-20(21)24)14-19-6-4-5-18(13-28)29-19/h2-8,11-12,15H,9-10,13-14,28H2,1H3,(H,31,35). The maximum atomic E-state index is 13.2. The third kappa shape index (κ3) is 3.59. The highest BCUT2D eigenvalue weighted by atomic mass is 16.2. The number of anilines is 1. The molecule has 0 radical (unpaired) electrons. The molecule has 0 aliphatic carbocycles. The number of carbonyl (C=O) groups is 1. The molecule has 2 aromatic carbocycles. The summed E-state index contributed by atoms with van der Waals surface area (Å²) in [5, 5.41) is 0.948. The van der Waals surface area contributed by atoms with Crippen LogP contribution in [0.5, 0.6) is 0 Å². The molecule has 0 unspecified atom stereocenters. The summed E-state index contributed by atoms with van der Waals surface area (Å²) in [7, 11) is 0. The van der Waals surface area contributed by atoms with Crippen LogP contribution in [0.2, 0.25) is 0 Å². The normalized spacial score (nSPS) is 13.0. The van der Waals surface area contributed by atoms with Crippen LogP contribution in [-0.4, -0.2) is 32.0 Å². The first-order valence-corrected chi connectivity index (χ1v) is 11.6. The Kier molecular flexibility index (Phi) is 4.96. The Balaban J connectivity index is 1.48. The van der Waals surface area contributed by atoms with Crippen LogP contribution in [0.4, 0.5) is 5.69 Å². The van der Waals surface area contributed by atoms with Crippen LogP contribution in [0.3, 0.4) is 0 Å². The van der Waals surface area contributed by atoms with Crippen molar-refractivity contribution in [2.75, 3.05) is 11.4 Å². The first kappa shape index (κ1) is 21.2. The van der Waals surface area contributed by atoms with Gasteiger partial charge in [-0.05, 0) is 42.3 Å². The third-order valence-corrected chi connectivity index (χ3v) is 6.62. The number of rotatable bonds is 4. The average Bonchev–Trinajstić information content (AvgIpc) is 3.44. The van der Waals surface area contributed by atoms with Gasteiger partial charge in [0.25, 0.3) is 5.56 Å². The van der Waals surface area contributed by atoms with Gasteiger partial charge in [-0.2, -0.15) is 0 Å². The van der Waals surface area contributed by atoms with E-state index in [4.69, 9.17) is 10.7 Å². The first-order chi connectivity index (χ1) is 17.0. The highest BCUT2D eigenvalue weighted by Gasteiger charge is 2.24. The van der Waals surface area contributed by atoms with E-state index in [0.717, 1.165) is 45.5 Å². The van der Waals surface area contributed by atoms with Crippen molar-refractivity contribution in [3.63, 3.8) is 0 Å². The Labute approximate surface area is 201 Å². The van der Waals surface area contributed by atoms with Crippen LogP contribution in [0.1, 0.15) is 23.9 Å². The molecule has 0 bridgehead atoms. The fraction of sp³-hybridized carbons (Fsp3) is 0.185. The van der Waals surface area contributed by atoms with E-state index in [1.165, 1.54) is 0 Å². The zero-order valence-corrected chi connectivity index (χ0v) is 19.3. The van der Waals surface area contributed by atoms with Crippen molar-refractivity contribution in [3.8, 4) is 11.3 Å².